The number of carbonyl (C=O) groups is 2. The molecule has 0 saturated heterocycles. The molecule has 0 N–H and O–H groups in total. The largest absolute Gasteiger partial charge is 0.299 e. The van der Waals surface area contributed by atoms with Crippen LogP contribution < -0.4 is 0 Å². The van der Waals surface area contributed by atoms with E-state index in [1.54, 1.807) is 6.92 Å². The molecule has 51 valence electrons. The monoisotopic (exact) mass is 127 g/mol. The highest BCUT2D eigenvalue weighted by Gasteiger charge is 2.03. The Kier molecular flexibility index (Phi) is 3.93. The minimum absolute atomic E-state index is 0.00338. The molecule has 0 rings (SSSR count). The van der Waals surface area contributed by atoms with Gasteiger partial charge in [0, 0.05) is 12.8 Å². The van der Waals surface area contributed by atoms with Crippen molar-refractivity contribution in [3.63, 3.8) is 0 Å². The van der Waals surface area contributed by atoms with Gasteiger partial charge in [0.15, 0.2) is 0 Å². The summed E-state index contributed by atoms with van der Waals surface area (Å²) in [6, 6.07) is 0. The van der Waals surface area contributed by atoms with Crippen LogP contribution in [0.25, 0.3) is 0 Å². The second-order valence-corrected chi connectivity index (χ2v) is 1.86. The summed E-state index contributed by atoms with van der Waals surface area (Å²) < 4.78 is 0. The summed E-state index contributed by atoms with van der Waals surface area (Å²) in [6.07, 6.45) is 0.747. The molecule has 1 radical (unpaired) electrons. The lowest BCUT2D eigenvalue weighted by Crippen LogP contribution is -2.04. The van der Waals surface area contributed by atoms with Crippen molar-refractivity contribution in [3.05, 3.63) is 6.92 Å². The van der Waals surface area contributed by atoms with E-state index in [0.29, 0.717) is 6.42 Å². The van der Waals surface area contributed by atoms with Crippen LogP contribution in [-0.2, 0) is 9.59 Å². The van der Waals surface area contributed by atoms with E-state index >= 15 is 0 Å². The zero-order valence-electron chi connectivity index (χ0n) is 5.64. The Morgan fingerprint density at radius 1 is 1.33 bits per heavy atom. The van der Waals surface area contributed by atoms with Crippen molar-refractivity contribution in [2.75, 3.05) is 0 Å². The van der Waals surface area contributed by atoms with E-state index in [0.717, 1.165) is 0 Å². The first-order chi connectivity index (χ1) is 4.20. The van der Waals surface area contributed by atoms with Gasteiger partial charge in [0.2, 0.25) is 0 Å². The maximum atomic E-state index is 10.5. The molecule has 0 spiro atoms. The second-order valence-electron chi connectivity index (χ2n) is 1.86. The van der Waals surface area contributed by atoms with Crippen molar-refractivity contribution >= 4 is 11.6 Å². The molecule has 0 aromatic rings. The smallest absolute Gasteiger partial charge is 0.140 e. The van der Waals surface area contributed by atoms with E-state index in [2.05, 4.69) is 6.92 Å². The lowest BCUT2D eigenvalue weighted by atomic mass is 10.1. The molecule has 0 aliphatic carbocycles. The van der Waals surface area contributed by atoms with Crippen LogP contribution in [0.5, 0.6) is 0 Å². The van der Waals surface area contributed by atoms with E-state index in [9.17, 15) is 9.59 Å². The molecular formula is C7H11O2. The van der Waals surface area contributed by atoms with Crippen molar-refractivity contribution in [2.45, 2.75) is 26.2 Å². The highest BCUT2D eigenvalue weighted by atomic mass is 16.1. The van der Waals surface area contributed by atoms with Gasteiger partial charge < -0.3 is 0 Å². The van der Waals surface area contributed by atoms with Gasteiger partial charge in [-0.1, -0.05) is 6.92 Å². The van der Waals surface area contributed by atoms with Gasteiger partial charge in [-0.2, -0.15) is 0 Å². The average molecular weight is 127 g/mol. The molecule has 0 saturated carbocycles. The average Bonchev–Trinajstić information content (AvgIpc) is 1.87. The first-order valence-corrected chi connectivity index (χ1v) is 3.03. The molecule has 0 heterocycles. The number of ketones is 2. The third-order valence-electron chi connectivity index (χ3n) is 1.07. The Morgan fingerprint density at radius 3 is 2.22 bits per heavy atom. The molecule has 0 aliphatic rings. The Hall–Kier alpha value is -0.660. The fraction of sp³-hybridized carbons (Fsp3) is 0.571. The molecule has 0 aliphatic heterocycles. The summed E-state index contributed by atoms with van der Waals surface area (Å²) in [4.78, 5) is 21.0. The number of carbonyl (C=O) groups excluding carboxylic acids is 2. The minimum Gasteiger partial charge on any atom is -0.299 e. The predicted molar refractivity (Wildman–Crippen MR) is 34.9 cm³/mol. The highest BCUT2D eigenvalue weighted by molar-refractivity contribution is 5.99. The van der Waals surface area contributed by atoms with Gasteiger partial charge >= 0.3 is 0 Å². The molecule has 0 aromatic carbocycles. The minimum atomic E-state index is -0.0677. The third-order valence-corrected chi connectivity index (χ3v) is 1.07. The van der Waals surface area contributed by atoms with Crippen molar-refractivity contribution in [3.8, 4) is 0 Å². The highest BCUT2D eigenvalue weighted by Crippen LogP contribution is 1.92. The van der Waals surface area contributed by atoms with Gasteiger partial charge in [0.05, 0.1) is 6.42 Å². The Bertz CT molecular complexity index is 102. The molecule has 0 bridgehead atoms. The Labute approximate surface area is 55.3 Å². The van der Waals surface area contributed by atoms with Crippen molar-refractivity contribution < 1.29 is 9.59 Å². The fourth-order valence-corrected chi connectivity index (χ4v) is 0.433. The molecule has 0 unspecified atom stereocenters. The van der Waals surface area contributed by atoms with E-state index < -0.39 is 0 Å². The molecule has 2 heteroatoms. The summed E-state index contributed by atoms with van der Waals surface area (Å²) in [7, 11) is 0. The van der Waals surface area contributed by atoms with Crippen LogP contribution in [0.2, 0.25) is 0 Å². The molecule has 0 amide bonds. The quantitative estimate of drug-likeness (QED) is 0.531. The topological polar surface area (TPSA) is 34.1 Å². The van der Waals surface area contributed by atoms with Crippen LogP contribution in [-0.4, -0.2) is 11.6 Å². The summed E-state index contributed by atoms with van der Waals surface area (Å²) in [5.41, 5.74) is 0. The van der Waals surface area contributed by atoms with Crippen LogP contribution in [0.15, 0.2) is 0 Å². The van der Waals surface area contributed by atoms with Crippen LogP contribution in [0, 0.1) is 6.92 Å². The van der Waals surface area contributed by atoms with Gasteiger partial charge in [-0.3, -0.25) is 9.59 Å². The van der Waals surface area contributed by atoms with E-state index in [-0.39, 0.29) is 24.4 Å². The molecule has 0 fully saturated rings. The van der Waals surface area contributed by atoms with Crippen molar-refractivity contribution in [2.24, 2.45) is 0 Å². The molecule has 9 heavy (non-hydrogen) atoms. The molecular weight excluding hydrogens is 116 g/mol. The molecule has 0 aromatic heterocycles. The maximum absolute atomic E-state index is 10.5. The van der Waals surface area contributed by atoms with Gasteiger partial charge in [-0.15, -0.1) is 0 Å². The zero-order chi connectivity index (χ0) is 7.28. The number of rotatable bonds is 4. The van der Waals surface area contributed by atoms with E-state index in [1.165, 1.54) is 0 Å². The van der Waals surface area contributed by atoms with Crippen LogP contribution in [0.4, 0.5) is 0 Å². The molecule has 2 nitrogen and oxygen atoms in total. The summed E-state index contributed by atoms with van der Waals surface area (Å²) in [5, 5.41) is 0. The zero-order valence-corrected chi connectivity index (χ0v) is 5.64. The van der Waals surface area contributed by atoms with Gasteiger partial charge in [-0.05, 0) is 6.92 Å². The second kappa shape index (κ2) is 4.24. The van der Waals surface area contributed by atoms with E-state index in [4.69, 9.17) is 0 Å². The summed E-state index contributed by atoms with van der Waals surface area (Å²) in [6.45, 7) is 5.12. The fourth-order valence-electron chi connectivity index (χ4n) is 0.433. The Morgan fingerprint density at radius 2 is 1.89 bits per heavy atom. The summed E-state index contributed by atoms with van der Waals surface area (Å²) >= 11 is 0. The van der Waals surface area contributed by atoms with Crippen molar-refractivity contribution in [1.29, 1.82) is 0 Å². The van der Waals surface area contributed by atoms with Crippen LogP contribution in [0.3, 0.4) is 0 Å². The third kappa shape index (κ3) is 3.88. The number of hydrogen-bond acceptors (Lipinski definition) is 2. The first kappa shape index (κ1) is 8.34. The lowest BCUT2D eigenvalue weighted by molar-refractivity contribution is -0.126. The lowest BCUT2D eigenvalue weighted by Gasteiger charge is -1.91. The summed E-state index contributed by atoms with van der Waals surface area (Å²) in [5.74, 6) is -0.0644. The molecule has 0 atom stereocenters. The van der Waals surface area contributed by atoms with Gasteiger partial charge in [-0.25, -0.2) is 0 Å². The maximum Gasteiger partial charge on any atom is 0.140 e. The first-order valence-electron chi connectivity index (χ1n) is 3.03. The van der Waals surface area contributed by atoms with Crippen LogP contribution >= 0.6 is 0 Å². The Balaban J connectivity index is 3.47. The SMILES string of the molecule is [CH2]CC(=O)CC(=O)CC. The number of hydrogen-bond donors (Lipinski definition) is 0. The van der Waals surface area contributed by atoms with E-state index in [1.807, 2.05) is 0 Å². The predicted octanol–water partition coefficient (Wildman–Crippen LogP) is 1.15. The normalized spacial score (nSPS) is 9.11. The van der Waals surface area contributed by atoms with Gasteiger partial charge in [0.25, 0.3) is 0 Å². The van der Waals surface area contributed by atoms with Crippen LogP contribution in [0.1, 0.15) is 26.2 Å². The van der Waals surface area contributed by atoms with Crippen molar-refractivity contribution in [1.82, 2.24) is 0 Å². The standard InChI is InChI=1S/C7H11O2/c1-3-6(8)5-7(9)4-2/h1,3-5H2,2H3. The number of Topliss-reactive ketones (excluding diaryl/α,β-unsaturated/α-hetero) is 2. The van der Waals surface area contributed by atoms with Gasteiger partial charge in [0.1, 0.15) is 11.6 Å².